The first-order valence-corrected chi connectivity index (χ1v) is 9.85. The van der Waals surface area contributed by atoms with Crippen LogP contribution in [0.1, 0.15) is 49.7 Å². The minimum absolute atomic E-state index is 0.0967. The molecule has 1 aliphatic carbocycles. The van der Waals surface area contributed by atoms with Crippen molar-refractivity contribution in [1.82, 2.24) is 9.97 Å². The zero-order valence-corrected chi connectivity index (χ0v) is 15.9. The van der Waals surface area contributed by atoms with Crippen LogP contribution in [0.2, 0.25) is 5.02 Å². The van der Waals surface area contributed by atoms with Crippen LogP contribution in [0.15, 0.2) is 42.9 Å². The number of nitrogens with zero attached hydrogens (tertiary/aromatic N) is 2. The van der Waals surface area contributed by atoms with E-state index in [1.807, 2.05) is 0 Å². The summed E-state index contributed by atoms with van der Waals surface area (Å²) < 4.78 is 0. The number of hydrogen-bond acceptors (Lipinski definition) is 5. The molecule has 2 aromatic heterocycles. The van der Waals surface area contributed by atoms with Crippen LogP contribution in [-0.4, -0.2) is 21.7 Å². The lowest BCUT2D eigenvalue weighted by atomic mass is 9.92. The molecule has 0 aliphatic heterocycles. The van der Waals surface area contributed by atoms with E-state index >= 15 is 0 Å². The number of benzene rings is 1. The summed E-state index contributed by atoms with van der Waals surface area (Å²) in [5.74, 6) is -0.465. The van der Waals surface area contributed by atoms with Gasteiger partial charge in [-0.05, 0) is 55.5 Å². The molecule has 0 atom stereocenters. The van der Waals surface area contributed by atoms with Gasteiger partial charge in [-0.1, -0.05) is 11.6 Å². The van der Waals surface area contributed by atoms with Gasteiger partial charge < -0.3 is 5.32 Å². The molecule has 0 unspecified atom stereocenters. The molecule has 0 saturated heterocycles. The molecular weight excluding hydrogens is 382 g/mol. The molecule has 0 spiro atoms. The van der Waals surface area contributed by atoms with E-state index in [0.717, 1.165) is 31.2 Å². The van der Waals surface area contributed by atoms with Gasteiger partial charge in [0, 0.05) is 27.9 Å². The Hall–Kier alpha value is -2.57. The van der Waals surface area contributed by atoms with Crippen molar-refractivity contribution in [2.45, 2.75) is 25.7 Å². The standard InChI is InChI=1S/C20H16ClN3O2S/c21-13-7-5-12(6-8-13)18(25)17-14-3-1-2-4-16(14)27-20(17)24-19(26)15-11-22-9-10-23-15/h5-11H,1-4H2,(H,24,26). The van der Waals surface area contributed by atoms with Gasteiger partial charge in [0.1, 0.15) is 10.7 Å². The van der Waals surface area contributed by atoms with Gasteiger partial charge in [-0.2, -0.15) is 0 Å². The number of aromatic nitrogens is 2. The van der Waals surface area contributed by atoms with Crippen LogP contribution in [-0.2, 0) is 12.8 Å². The summed E-state index contributed by atoms with van der Waals surface area (Å²) in [6.07, 6.45) is 8.30. The van der Waals surface area contributed by atoms with Crippen LogP contribution in [0.4, 0.5) is 5.00 Å². The highest BCUT2D eigenvalue weighted by atomic mass is 35.5. The number of carbonyl (C=O) groups excluding carboxylic acids is 2. The van der Waals surface area contributed by atoms with Crippen molar-refractivity contribution in [2.75, 3.05) is 5.32 Å². The maximum absolute atomic E-state index is 13.2. The Kier molecular flexibility index (Phi) is 5.01. The Bertz CT molecular complexity index is 1000. The van der Waals surface area contributed by atoms with E-state index in [0.29, 0.717) is 21.2 Å². The zero-order valence-electron chi connectivity index (χ0n) is 14.4. The van der Waals surface area contributed by atoms with E-state index in [4.69, 9.17) is 11.6 Å². The summed E-state index contributed by atoms with van der Waals surface area (Å²) in [6, 6.07) is 6.83. The Morgan fingerprint density at radius 1 is 1.07 bits per heavy atom. The van der Waals surface area contributed by atoms with Crippen molar-refractivity contribution >= 4 is 39.6 Å². The van der Waals surface area contributed by atoms with Crippen molar-refractivity contribution in [3.05, 3.63) is 75.1 Å². The van der Waals surface area contributed by atoms with Crippen molar-refractivity contribution in [3.63, 3.8) is 0 Å². The monoisotopic (exact) mass is 397 g/mol. The average molecular weight is 398 g/mol. The summed E-state index contributed by atoms with van der Waals surface area (Å²) in [7, 11) is 0. The van der Waals surface area contributed by atoms with Gasteiger partial charge in [0.15, 0.2) is 5.78 Å². The molecule has 0 bridgehead atoms. The molecule has 5 nitrogen and oxygen atoms in total. The molecule has 7 heteroatoms. The molecule has 3 aromatic rings. The molecule has 1 amide bonds. The highest BCUT2D eigenvalue weighted by Crippen LogP contribution is 2.39. The number of fused-ring (bicyclic) bond motifs is 1. The summed E-state index contributed by atoms with van der Waals surface area (Å²) in [4.78, 5) is 34.9. The SMILES string of the molecule is O=C(Nc1sc2c(c1C(=O)c1ccc(Cl)cc1)CCCC2)c1cnccn1. The number of ketones is 1. The minimum Gasteiger partial charge on any atom is -0.312 e. The molecule has 2 heterocycles. The second-order valence-electron chi connectivity index (χ2n) is 6.30. The highest BCUT2D eigenvalue weighted by molar-refractivity contribution is 7.17. The quantitative estimate of drug-likeness (QED) is 0.655. The fraction of sp³-hybridized carbons (Fsp3) is 0.200. The number of anilines is 1. The van der Waals surface area contributed by atoms with Gasteiger partial charge in [0.05, 0.1) is 11.8 Å². The van der Waals surface area contributed by atoms with Gasteiger partial charge in [-0.25, -0.2) is 4.98 Å². The largest absolute Gasteiger partial charge is 0.312 e. The molecule has 0 fully saturated rings. The Balaban J connectivity index is 1.73. The number of carbonyl (C=O) groups is 2. The number of aryl methyl sites for hydroxylation is 1. The van der Waals surface area contributed by atoms with Gasteiger partial charge in [-0.15, -0.1) is 11.3 Å². The summed E-state index contributed by atoms with van der Waals surface area (Å²) >= 11 is 7.43. The second-order valence-corrected chi connectivity index (χ2v) is 7.84. The molecule has 1 N–H and O–H groups in total. The molecule has 1 aliphatic rings. The molecule has 1 aromatic carbocycles. The summed E-state index contributed by atoms with van der Waals surface area (Å²) in [5.41, 5.74) is 2.42. The van der Waals surface area contributed by atoms with Gasteiger partial charge >= 0.3 is 0 Å². The predicted octanol–water partition coefficient (Wildman–Crippen LogP) is 4.55. The second kappa shape index (κ2) is 7.58. The number of rotatable bonds is 4. The zero-order chi connectivity index (χ0) is 18.8. The predicted molar refractivity (Wildman–Crippen MR) is 106 cm³/mol. The van der Waals surface area contributed by atoms with Crippen LogP contribution in [0, 0.1) is 0 Å². The lowest BCUT2D eigenvalue weighted by molar-refractivity contribution is 0.102. The fourth-order valence-corrected chi connectivity index (χ4v) is 4.63. The van der Waals surface area contributed by atoms with Crippen molar-refractivity contribution in [2.24, 2.45) is 0 Å². The Morgan fingerprint density at radius 2 is 1.85 bits per heavy atom. The topological polar surface area (TPSA) is 72.0 Å². The van der Waals surface area contributed by atoms with E-state index in [1.165, 1.54) is 34.8 Å². The number of hydrogen-bond donors (Lipinski definition) is 1. The first kappa shape index (κ1) is 17.8. The number of halogens is 1. The number of nitrogens with one attached hydrogen (secondary N) is 1. The normalized spacial score (nSPS) is 13.1. The first-order valence-electron chi connectivity index (χ1n) is 8.65. The number of thiophene rings is 1. The Morgan fingerprint density at radius 3 is 2.59 bits per heavy atom. The van der Waals surface area contributed by atoms with Crippen LogP contribution in [0.25, 0.3) is 0 Å². The molecule has 0 saturated carbocycles. The van der Waals surface area contributed by atoms with E-state index in [2.05, 4.69) is 15.3 Å². The molecule has 0 radical (unpaired) electrons. The third kappa shape index (κ3) is 3.63. The lowest BCUT2D eigenvalue weighted by Gasteiger charge is -2.12. The van der Waals surface area contributed by atoms with Crippen LogP contribution in [0.5, 0.6) is 0 Å². The average Bonchev–Trinajstić information content (AvgIpc) is 3.06. The molecule has 27 heavy (non-hydrogen) atoms. The molecule has 136 valence electrons. The number of amides is 1. The maximum Gasteiger partial charge on any atom is 0.276 e. The van der Waals surface area contributed by atoms with Gasteiger partial charge in [0.25, 0.3) is 5.91 Å². The van der Waals surface area contributed by atoms with Crippen molar-refractivity contribution < 1.29 is 9.59 Å². The highest BCUT2D eigenvalue weighted by Gasteiger charge is 2.27. The van der Waals surface area contributed by atoms with Crippen LogP contribution < -0.4 is 5.32 Å². The summed E-state index contributed by atoms with van der Waals surface area (Å²) in [6.45, 7) is 0. The van der Waals surface area contributed by atoms with Gasteiger partial charge in [0.2, 0.25) is 0 Å². The minimum atomic E-state index is -0.369. The summed E-state index contributed by atoms with van der Waals surface area (Å²) in [5, 5.41) is 4.04. The van der Waals surface area contributed by atoms with E-state index in [9.17, 15) is 9.59 Å². The van der Waals surface area contributed by atoms with Crippen LogP contribution in [0.3, 0.4) is 0 Å². The third-order valence-corrected chi connectivity index (χ3v) is 5.99. The van der Waals surface area contributed by atoms with Gasteiger partial charge in [-0.3, -0.25) is 14.6 Å². The third-order valence-electron chi connectivity index (χ3n) is 4.53. The van der Waals surface area contributed by atoms with Crippen molar-refractivity contribution in [1.29, 1.82) is 0 Å². The smallest absolute Gasteiger partial charge is 0.276 e. The maximum atomic E-state index is 13.2. The van der Waals surface area contributed by atoms with Crippen molar-refractivity contribution in [3.8, 4) is 0 Å². The Labute approximate surface area is 165 Å². The molecular formula is C20H16ClN3O2S. The van der Waals surface area contributed by atoms with E-state index < -0.39 is 0 Å². The van der Waals surface area contributed by atoms with E-state index in [1.54, 1.807) is 24.3 Å². The lowest BCUT2D eigenvalue weighted by Crippen LogP contribution is -2.16. The first-order chi connectivity index (χ1) is 13.1. The fourth-order valence-electron chi connectivity index (χ4n) is 3.22. The van der Waals surface area contributed by atoms with E-state index in [-0.39, 0.29) is 17.4 Å². The van der Waals surface area contributed by atoms with Crippen LogP contribution >= 0.6 is 22.9 Å². The molecule has 4 rings (SSSR count).